The van der Waals surface area contributed by atoms with Crippen LogP contribution < -0.4 is 5.32 Å². The predicted molar refractivity (Wildman–Crippen MR) is 72.4 cm³/mol. The van der Waals surface area contributed by atoms with Gasteiger partial charge in [0, 0.05) is 29.2 Å². The molecular formula is C15H20N2. The van der Waals surface area contributed by atoms with Crippen LogP contribution in [0.1, 0.15) is 24.1 Å². The first-order valence-corrected chi connectivity index (χ1v) is 6.39. The number of aryl methyl sites for hydroxylation is 1. The molecule has 3 rings (SSSR count). The quantitative estimate of drug-likeness (QED) is 0.854. The first kappa shape index (κ1) is 10.8. The lowest BCUT2D eigenvalue weighted by molar-refractivity contribution is 0.548. The number of para-hydroxylation sites is 1. The fraction of sp³-hybridized carbons (Fsp3) is 0.467. The van der Waals surface area contributed by atoms with Crippen molar-refractivity contribution < 1.29 is 0 Å². The van der Waals surface area contributed by atoms with E-state index in [2.05, 4.69) is 55.2 Å². The number of rotatable bonds is 3. The monoisotopic (exact) mass is 228 g/mol. The van der Waals surface area contributed by atoms with Gasteiger partial charge in [0.1, 0.15) is 0 Å². The van der Waals surface area contributed by atoms with Crippen LogP contribution in [0.15, 0.2) is 24.3 Å². The first-order chi connectivity index (χ1) is 8.17. The van der Waals surface area contributed by atoms with E-state index >= 15 is 0 Å². The Bertz CT molecular complexity index is 562. The summed E-state index contributed by atoms with van der Waals surface area (Å²) in [6, 6.07) is 8.73. The number of nitrogens with one attached hydrogen (secondary N) is 1. The summed E-state index contributed by atoms with van der Waals surface area (Å²) in [6.07, 6.45) is 3.79. The Balaban J connectivity index is 2.12. The second kappa shape index (κ2) is 3.61. The molecule has 1 aliphatic carbocycles. The highest BCUT2D eigenvalue weighted by molar-refractivity contribution is 5.85. The largest absolute Gasteiger partial charge is 0.348 e. The summed E-state index contributed by atoms with van der Waals surface area (Å²) in [5.41, 5.74) is 4.67. The molecule has 1 saturated carbocycles. The smallest absolute Gasteiger partial charge is 0.0482 e. The summed E-state index contributed by atoms with van der Waals surface area (Å²) in [4.78, 5) is 0. The minimum absolute atomic E-state index is 0.384. The van der Waals surface area contributed by atoms with Crippen LogP contribution in [0.5, 0.6) is 0 Å². The number of benzene rings is 1. The molecule has 0 saturated heterocycles. The van der Waals surface area contributed by atoms with Crippen LogP contribution >= 0.6 is 0 Å². The van der Waals surface area contributed by atoms with Gasteiger partial charge in [0.05, 0.1) is 0 Å². The zero-order chi connectivity index (χ0) is 12.0. The summed E-state index contributed by atoms with van der Waals surface area (Å²) in [5.74, 6) is 0. The van der Waals surface area contributed by atoms with Gasteiger partial charge < -0.3 is 9.88 Å². The lowest BCUT2D eigenvalue weighted by Gasteiger charge is -2.14. The lowest BCUT2D eigenvalue weighted by Crippen LogP contribution is -2.29. The van der Waals surface area contributed by atoms with Gasteiger partial charge in [-0.3, -0.25) is 0 Å². The van der Waals surface area contributed by atoms with Crippen molar-refractivity contribution in [3.63, 3.8) is 0 Å². The van der Waals surface area contributed by atoms with Gasteiger partial charge in [0.2, 0.25) is 0 Å². The molecule has 1 aromatic carbocycles. The van der Waals surface area contributed by atoms with Gasteiger partial charge in [-0.05, 0) is 44.9 Å². The minimum atomic E-state index is 0.384. The summed E-state index contributed by atoms with van der Waals surface area (Å²) in [7, 11) is 4.26. The fourth-order valence-corrected chi connectivity index (χ4v) is 2.83. The van der Waals surface area contributed by atoms with Gasteiger partial charge >= 0.3 is 0 Å². The molecule has 0 bridgehead atoms. The highest BCUT2D eigenvalue weighted by atomic mass is 15.0. The van der Waals surface area contributed by atoms with Gasteiger partial charge in [0.25, 0.3) is 0 Å². The van der Waals surface area contributed by atoms with Crippen LogP contribution in [0.3, 0.4) is 0 Å². The number of aromatic nitrogens is 1. The molecule has 2 aromatic rings. The molecule has 0 aliphatic heterocycles. The van der Waals surface area contributed by atoms with Crippen molar-refractivity contribution in [3.8, 4) is 0 Å². The molecule has 1 aromatic heterocycles. The average molecular weight is 228 g/mol. The van der Waals surface area contributed by atoms with E-state index in [0.717, 1.165) is 6.42 Å². The Labute approximate surface area is 103 Å². The van der Waals surface area contributed by atoms with Crippen molar-refractivity contribution in [2.75, 3.05) is 7.05 Å². The standard InChI is InChI=1S/C15H20N2/c1-11-13(10-15(16-2)8-9-15)12-6-4-5-7-14(12)17(11)3/h4-7,16H,8-10H2,1-3H3. The van der Waals surface area contributed by atoms with Crippen molar-refractivity contribution in [2.45, 2.75) is 31.7 Å². The Morgan fingerprint density at radius 2 is 2.00 bits per heavy atom. The number of likely N-dealkylation sites (N-methyl/N-ethyl adjacent to an activating group) is 1. The van der Waals surface area contributed by atoms with Crippen molar-refractivity contribution >= 4 is 10.9 Å². The molecular weight excluding hydrogens is 208 g/mol. The molecule has 0 atom stereocenters. The summed E-state index contributed by atoms with van der Waals surface area (Å²) in [6.45, 7) is 2.24. The Morgan fingerprint density at radius 1 is 1.29 bits per heavy atom. The molecule has 0 radical (unpaired) electrons. The predicted octanol–water partition coefficient (Wildman–Crippen LogP) is 2.78. The molecule has 1 N–H and O–H groups in total. The van der Waals surface area contributed by atoms with Crippen LogP contribution in [0.4, 0.5) is 0 Å². The molecule has 1 aliphatic rings. The minimum Gasteiger partial charge on any atom is -0.348 e. The Morgan fingerprint density at radius 3 is 2.65 bits per heavy atom. The highest BCUT2D eigenvalue weighted by Gasteiger charge is 2.41. The van der Waals surface area contributed by atoms with Gasteiger partial charge in [-0.1, -0.05) is 18.2 Å². The van der Waals surface area contributed by atoms with Crippen molar-refractivity contribution in [1.29, 1.82) is 0 Å². The third kappa shape index (κ3) is 1.59. The van der Waals surface area contributed by atoms with Gasteiger partial charge in [-0.25, -0.2) is 0 Å². The van der Waals surface area contributed by atoms with Gasteiger partial charge in [0.15, 0.2) is 0 Å². The summed E-state index contributed by atoms with van der Waals surface area (Å²) < 4.78 is 2.32. The molecule has 1 heterocycles. The van der Waals surface area contributed by atoms with Crippen LogP contribution in [-0.2, 0) is 13.5 Å². The molecule has 2 heteroatoms. The SMILES string of the molecule is CNC1(Cc2c(C)n(C)c3ccccc23)CC1. The van der Waals surface area contributed by atoms with E-state index in [0.29, 0.717) is 5.54 Å². The maximum atomic E-state index is 3.49. The molecule has 90 valence electrons. The van der Waals surface area contributed by atoms with E-state index in [1.54, 1.807) is 0 Å². The second-order valence-corrected chi connectivity index (χ2v) is 5.35. The third-order valence-electron chi connectivity index (χ3n) is 4.43. The number of hydrogen-bond acceptors (Lipinski definition) is 1. The van der Waals surface area contributed by atoms with Crippen molar-refractivity contribution in [1.82, 2.24) is 9.88 Å². The first-order valence-electron chi connectivity index (χ1n) is 6.39. The van der Waals surface area contributed by atoms with E-state index in [1.165, 1.54) is 35.0 Å². The van der Waals surface area contributed by atoms with Crippen LogP contribution in [0, 0.1) is 6.92 Å². The zero-order valence-corrected chi connectivity index (χ0v) is 10.9. The lowest BCUT2D eigenvalue weighted by atomic mass is 10.0. The number of fused-ring (bicyclic) bond motifs is 1. The normalized spacial score (nSPS) is 17.6. The molecule has 0 spiro atoms. The van der Waals surface area contributed by atoms with Crippen LogP contribution in [0.25, 0.3) is 10.9 Å². The van der Waals surface area contributed by atoms with E-state index in [1.807, 2.05) is 0 Å². The topological polar surface area (TPSA) is 17.0 Å². The maximum absolute atomic E-state index is 3.49. The van der Waals surface area contributed by atoms with Crippen LogP contribution in [0.2, 0.25) is 0 Å². The van der Waals surface area contributed by atoms with Gasteiger partial charge in [-0.15, -0.1) is 0 Å². The van der Waals surface area contributed by atoms with Crippen LogP contribution in [-0.4, -0.2) is 17.2 Å². The van der Waals surface area contributed by atoms with Gasteiger partial charge in [-0.2, -0.15) is 0 Å². The van der Waals surface area contributed by atoms with E-state index < -0.39 is 0 Å². The molecule has 1 fully saturated rings. The number of hydrogen-bond donors (Lipinski definition) is 1. The average Bonchev–Trinajstić information content (AvgIpc) is 3.10. The Kier molecular flexibility index (Phi) is 2.30. The van der Waals surface area contributed by atoms with E-state index in [4.69, 9.17) is 0 Å². The van der Waals surface area contributed by atoms with Crippen molar-refractivity contribution in [3.05, 3.63) is 35.5 Å². The molecule has 2 nitrogen and oxygen atoms in total. The van der Waals surface area contributed by atoms with E-state index in [9.17, 15) is 0 Å². The highest BCUT2D eigenvalue weighted by Crippen LogP contribution is 2.40. The third-order valence-corrected chi connectivity index (χ3v) is 4.43. The molecule has 0 unspecified atom stereocenters. The van der Waals surface area contributed by atoms with E-state index in [-0.39, 0.29) is 0 Å². The van der Waals surface area contributed by atoms with Crippen molar-refractivity contribution in [2.24, 2.45) is 7.05 Å². The zero-order valence-electron chi connectivity index (χ0n) is 10.9. The molecule has 0 amide bonds. The second-order valence-electron chi connectivity index (χ2n) is 5.35. The maximum Gasteiger partial charge on any atom is 0.0482 e. The number of nitrogens with zero attached hydrogens (tertiary/aromatic N) is 1. The molecule has 17 heavy (non-hydrogen) atoms. The summed E-state index contributed by atoms with van der Waals surface area (Å²) >= 11 is 0. The Hall–Kier alpha value is -1.28. The summed E-state index contributed by atoms with van der Waals surface area (Å²) in [5, 5.41) is 4.92. The fourth-order valence-electron chi connectivity index (χ4n) is 2.83.